The van der Waals surface area contributed by atoms with Crippen LogP contribution in [0.4, 0.5) is 0 Å². The minimum atomic E-state index is -0.688. The normalized spacial score (nSPS) is 12.9. The van der Waals surface area contributed by atoms with Gasteiger partial charge in [0, 0.05) is 44.4 Å². The quantitative estimate of drug-likeness (QED) is 0.187. The van der Waals surface area contributed by atoms with Crippen LogP contribution in [0.15, 0.2) is 0 Å². The molecule has 0 aliphatic carbocycles. The molecule has 0 aliphatic heterocycles. The summed E-state index contributed by atoms with van der Waals surface area (Å²) in [5, 5.41) is 11.1. The van der Waals surface area contributed by atoms with Crippen LogP contribution in [0.5, 0.6) is 0 Å². The molecule has 0 bridgehead atoms. The van der Waals surface area contributed by atoms with E-state index in [0.717, 1.165) is 0 Å². The molecule has 0 saturated heterocycles. The van der Waals surface area contributed by atoms with E-state index in [9.17, 15) is 24.0 Å². The van der Waals surface area contributed by atoms with Gasteiger partial charge >= 0.3 is 0 Å². The van der Waals surface area contributed by atoms with Crippen LogP contribution in [-0.2, 0) is 24.0 Å². The van der Waals surface area contributed by atoms with Gasteiger partial charge in [0.1, 0.15) is 12.1 Å². The molecular weight excluding hydrogens is 476 g/mol. The molecular formula is C26H50N6O5. The molecule has 6 N–H and O–H groups in total. The summed E-state index contributed by atoms with van der Waals surface area (Å²) >= 11 is 0. The molecule has 0 spiro atoms. The Kier molecular flexibility index (Phi) is 16.4. The number of hydrogen-bond donors (Lipinski definition) is 5. The van der Waals surface area contributed by atoms with Gasteiger partial charge in [-0.15, -0.1) is 0 Å². The van der Waals surface area contributed by atoms with Crippen molar-refractivity contribution in [1.29, 1.82) is 0 Å². The van der Waals surface area contributed by atoms with Crippen molar-refractivity contribution in [3.8, 4) is 0 Å². The first-order valence-electron chi connectivity index (χ1n) is 13.4. The SMILES string of the molecule is CC(C)NC(=O)C(NC(=O)CCN(CCC(=O)NC(C(=O)NC(C)C)C(C)C)C(=O)CCCN)C(C)C. The molecule has 0 aliphatic rings. The van der Waals surface area contributed by atoms with Crippen LogP contribution in [0.2, 0.25) is 0 Å². The van der Waals surface area contributed by atoms with E-state index in [1.54, 1.807) is 0 Å². The maximum atomic E-state index is 12.7. The summed E-state index contributed by atoms with van der Waals surface area (Å²) in [6, 6.07) is -1.49. The molecule has 0 saturated carbocycles. The summed E-state index contributed by atoms with van der Waals surface area (Å²) in [6.45, 7) is 15.3. The van der Waals surface area contributed by atoms with Gasteiger partial charge in [0.05, 0.1) is 0 Å². The third-order valence-electron chi connectivity index (χ3n) is 5.56. The lowest BCUT2D eigenvalue weighted by molar-refractivity contribution is -0.134. The van der Waals surface area contributed by atoms with Gasteiger partial charge in [0.2, 0.25) is 29.5 Å². The molecule has 0 heterocycles. The van der Waals surface area contributed by atoms with Gasteiger partial charge in [-0.3, -0.25) is 24.0 Å². The van der Waals surface area contributed by atoms with Crippen LogP contribution in [0.1, 0.15) is 81.1 Å². The van der Waals surface area contributed by atoms with Crippen molar-refractivity contribution < 1.29 is 24.0 Å². The van der Waals surface area contributed by atoms with Gasteiger partial charge in [0.25, 0.3) is 0 Å². The third-order valence-corrected chi connectivity index (χ3v) is 5.56. The second-order valence-corrected chi connectivity index (χ2v) is 10.7. The second kappa shape index (κ2) is 17.7. The molecule has 5 amide bonds. The summed E-state index contributed by atoms with van der Waals surface area (Å²) < 4.78 is 0. The Hall–Kier alpha value is -2.69. The van der Waals surface area contributed by atoms with E-state index in [1.807, 2.05) is 55.4 Å². The highest BCUT2D eigenvalue weighted by molar-refractivity contribution is 5.89. The molecule has 2 atom stereocenters. The van der Waals surface area contributed by atoms with E-state index < -0.39 is 12.1 Å². The van der Waals surface area contributed by atoms with Crippen molar-refractivity contribution in [3.05, 3.63) is 0 Å². The van der Waals surface area contributed by atoms with Crippen LogP contribution in [-0.4, -0.2) is 78.2 Å². The Morgan fingerprint density at radius 1 is 0.622 bits per heavy atom. The van der Waals surface area contributed by atoms with Gasteiger partial charge in [-0.1, -0.05) is 27.7 Å². The van der Waals surface area contributed by atoms with E-state index in [2.05, 4.69) is 21.3 Å². The topological polar surface area (TPSA) is 163 Å². The van der Waals surface area contributed by atoms with Gasteiger partial charge in [-0.05, 0) is 52.5 Å². The van der Waals surface area contributed by atoms with E-state index in [4.69, 9.17) is 5.73 Å². The molecule has 214 valence electrons. The number of nitrogens with one attached hydrogen (secondary N) is 4. The maximum absolute atomic E-state index is 12.7. The Balaban J connectivity index is 5.17. The average Bonchev–Trinajstić information content (AvgIpc) is 2.77. The first-order chi connectivity index (χ1) is 17.2. The predicted octanol–water partition coefficient (Wildman–Crippen LogP) is 0.665. The first kappa shape index (κ1) is 34.3. The number of nitrogens with zero attached hydrogens (tertiary/aromatic N) is 1. The number of amides is 5. The standard InChI is InChI=1S/C26H50N6O5/c1-16(2)23(25(36)28-18(5)6)30-20(33)11-14-32(22(35)10-9-13-27)15-12-21(34)31-24(17(3)4)26(37)29-19(7)8/h16-19,23-24H,9-15,27H2,1-8H3,(H,28,36)(H,29,37)(H,30,33)(H,31,34). The van der Waals surface area contributed by atoms with Crippen molar-refractivity contribution in [1.82, 2.24) is 26.2 Å². The largest absolute Gasteiger partial charge is 0.352 e. The molecule has 0 aromatic rings. The van der Waals surface area contributed by atoms with Crippen molar-refractivity contribution in [2.75, 3.05) is 19.6 Å². The Bertz CT molecular complexity index is 702. The fourth-order valence-electron chi connectivity index (χ4n) is 3.56. The number of carbonyl (C=O) groups is 5. The minimum Gasteiger partial charge on any atom is -0.352 e. The average molecular weight is 527 g/mol. The summed E-state index contributed by atoms with van der Waals surface area (Å²) in [4.78, 5) is 64.3. The predicted molar refractivity (Wildman–Crippen MR) is 144 cm³/mol. The van der Waals surface area contributed by atoms with Crippen LogP contribution in [0.3, 0.4) is 0 Å². The van der Waals surface area contributed by atoms with Gasteiger partial charge in [0.15, 0.2) is 0 Å². The lowest BCUT2D eigenvalue weighted by Crippen LogP contribution is -2.52. The van der Waals surface area contributed by atoms with Crippen molar-refractivity contribution in [2.24, 2.45) is 17.6 Å². The zero-order valence-electron chi connectivity index (χ0n) is 24.0. The fraction of sp³-hybridized carbons (Fsp3) is 0.808. The summed E-state index contributed by atoms with van der Waals surface area (Å²) in [7, 11) is 0. The fourth-order valence-corrected chi connectivity index (χ4v) is 3.56. The van der Waals surface area contributed by atoms with Crippen LogP contribution < -0.4 is 27.0 Å². The molecule has 37 heavy (non-hydrogen) atoms. The van der Waals surface area contributed by atoms with Crippen molar-refractivity contribution in [3.63, 3.8) is 0 Å². The summed E-state index contributed by atoms with van der Waals surface area (Å²) in [6.07, 6.45) is 0.666. The summed E-state index contributed by atoms with van der Waals surface area (Å²) in [5.41, 5.74) is 5.54. The Morgan fingerprint density at radius 3 is 1.30 bits per heavy atom. The maximum Gasteiger partial charge on any atom is 0.243 e. The monoisotopic (exact) mass is 526 g/mol. The van der Waals surface area contributed by atoms with E-state index in [1.165, 1.54) is 4.90 Å². The van der Waals surface area contributed by atoms with Gasteiger partial charge in [-0.25, -0.2) is 0 Å². The molecule has 0 fully saturated rings. The van der Waals surface area contributed by atoms with Crippen LogP contribution >= 0.6 is 0 Å². The van der Waals surface area contributed by atoms with E-state index >= 15 is 0 Å². The minimum absolute atomic E-state index is 0.0143. The Morgan fingerprint density at radius 2 is 1.00 bits per heavy atom. The third kappa shape index (κ3) is 14.6. The zero-order valence-corrected chi connectivity index (χ0v) is 24.0. The molecule has 2 unspecified atom stereocenters. The highest BCUT2D eigenvalue weighted by atomic mass is 16.2. The first-order valence-corrected chi connectivity index (χ1v) is 13.4. The summed E-state index contributed by atoms with van der Waals surface area (Å²) in [5.74, 6) is -1.67. The molecule has 11 nitrogen and oxygen atoms in total. The van der Waals surface area contributed by atoms with Crippen molar-refractivity contribution in [2.45, 2.75) is 105 Å². The highest BCUT2D eigenvalue weighted by Crippen LogP contribution is 2.07. The number of hydrogen-bond acceptors (Lipinski definition) is 6. The van der Waals surface area contributed by atoms with Crippen LogP contribution in [0.25, 0.3) is 0 Å². The zero-order chi connectivity index (χ0) is 28.7. The molecule has 0 radical (unpaired) electrons. The number of nitrogens with two attached hydrogens (primary N) is 1. The van der Waals surface area contributed by atoms with Crippen LogP contribution in [0, 0.1) is 11.8 Å². The highest BCUT2D eigenvalue weighted by Gasteiger charge is 2.27. The van der Waals surface area contributed by atoms with Gasteiger partial charge < -0.3 is 31.9 Å². The molecule has 0 rings (SSSR count). The lowest BCUT2D eigenvalue weighted by Gasteiger charge is -2.26. The molecule has 11 heteroatoms. The van der Waals surface area contributed by atoms with Gasteiger partial charge in [-0.2, -0.15) is 0 Å². The molecule has 0 aromatic carbocycles. The number of carbonyl (C=O) groups excluding carboxylic acids is 5. The van der Waals surface area contributed by atoms with E-state index in [0.29, 0.717) is 13.0 Å². The lowest BCUT2D eigenvalue weighted by atomic mass is 10.0. The molecule has 0 aromatic heterocycles. The smallest absolute Gasteiger partial charge is 0.243 e. The Labute approximate surface area is 222 Å². The van der Waals surface area contributed by atoms with E-state index in [-0.39, 0.29) is 85.8 Å². The second-order valence-electron chi connectivity index (χ2n) is 10.7. The number of rotatable bonds is 17. The van der Waals surface area contributed by atoms with Crippen molar-refractivity contribution >= 4 is 29.5 Å².